The van der Waals surface area contributed by atoms with Crippen molar-refractivity contribution < 1.29 is 18.3 Å². The lowest BCUT2D eigenvalue weighted by Crippen LogP contribution is -2.34. The molecule has 1 aromatic heterocycles. The number of sulfonamides is 1. The number of thioether (sulfide) groups is 1. The maximum absolute atomic E-state index is 12.5. The Morgan fingerprint density at radius 3 is 2.71 bits per heavy atom. The van der Waals surface area contributed by atoms with Crippen molar-refractivity contribution in [2.45, 2.75) is 17.9 Å². The Morgan fingerprint density at radius 1 is 1.43 bits per heavy atom. The van der Waals surface area contributed by atoms with E-state index in [1.54, 1.807) is 31.2 Å². The van der Waals surface area contributed by atoms with Crippen molar-refractivity contribution in [3.63, 3.8) is 0 Å². The molecule has 0 aliphatic rings. The zero-order valence-electron chi connectivity index (χ0n) is 11.5. The number of thiophene rings is 1. The van der Waals surface area contributed by atoms with Crippen molar-refractivity contribution in [1.29, 1.82) is 0 Å². The van der Waals surface area contributed by atoms with Gasteiger partial charge in [0.05, 0.1) is 0 Å². The maximum atomic E-state index is 12.5. The predicted molar refractivity (Wildman–Crippen MR) is 86.9 cm³/mol. The highest BCUT2D eigenvalue weighted by Gasteiger charge is 2.29. The number of aromatic carboxylic acids is 1. The molecule has 21 heavy (non-hydrogen) atoms. The van der Waals surface area contributed by atoms with Crippen LogP contribution in [0.4, 0.5) is 0 Å². The van der Waals surface area contributed by atoms with Crippen molar-refractivity contribution in [3.05, 3.63) is 29.1 Å². The molecule has 1 aromatic carbocycles. The first-order valence-electron chi connectivity index (χ1n) is 6.13. The van der Waals surface area contributed by atoms with Gasteiger partial charge in [-0.05, 0) is 19.2 Å². The summed E-state index contributed by atoms with van der Waals surface area (Å²) in [6.45, 7) is 1.75. The van der Waals surface area contributed by atoms with Gasteiger partial charge < -0.3 is 5.11 Å². The second kappa shape index (κ2) is 6.35. The first-order chi connectivity index (χ1) is 9.86. The average molecular weight is 345 g/mol. The van der Waals surface area contributed by atoms with Crippen molar-refractivity contribution in [2.75, 3.05) is 12.0 Å². The Labute approximate surface area is 131 Å². The maximum Gasteiger partial charge on any atom is 0.347 e. The molecule has 1 atom stereocenters. The van der Waals surface area contributed by atoms with E-state index >= 15 is 0 Å². The second-order valence-electron chi connectivity index (χ2n) is 4.54. The lowest BCUT2D eigenvalue weighted by Gasteiger charge is -2.13. The minimum absolute atomic E-state index is 0.136. The molecule has 0 radical (unpaired) electrons. The van der Waals surface area contributed by atoms with E-state index in [4.69, 9.17) is 0 Å². The first kappa shape index (κ1) is 16.3. The summed E-state index contributed by atoms with van der Waals surface area (Å²) in [5.74, 6) is -0.613. The van der Waals surface area contributed by atoms with Crippen molar-refractivity contribution >= 4 is 49.2 Å². The van der Waals surface area contributed by atoms with Gasteiger partial charge in [-0.1, -0.05) is 18.2 Å². The summed E-state index contributed by atoms with van der Waals surface area (Å²) in [4.78, 5) is 11.1. The molecule has 0 saturated heterocycles. The zero-order chi connectivity index (χ0) is 15.6. The molecule has 2 N–H and O–H groups in total. The smallest absolute Gasteiger partial charge is 0.347 e. The lowest BCUT2D eigenvalue weighted by atomic mass is 10.2. The molecular weight excluding hydrogens is 330 g/mol. The predicted octanol–water partition coefficient (Wildman–Crippen LogP) is 2.63. The number of hydrogen-bond donors (Lipinski definition) is 2. The summed E-state index contributed by atoms with van der Waals surface area (Å²) in [7, 11) is -3.87. The van der Waals surface area contributed by atoms with Gasteiger partial charge in [0.2, 0.25) is 10.0 Å². The Balaban J connectivity index is 2.58. The molecule has 114 valence electrons. The Hall–Kier alpha value is -1.09. The molecular formula is C13H15NO4S3. The van der Waals surface area contributed by atoms with Crippen LogP contribution in [0.15, 0.2) is 29.2 Å². The zero-order valence-corrected chi connectivity index (χ0v) is 13.9. The standard InChI is InChI=1S/C13H15NO4S3/c1-8(7-19-2)14-21(17,18)12-9-5-3-4-6-10(9)20-11(12)13(15)16/h3-6,8,14H,7H2,1-2H3,(H,15,16). The molecule has 8 heteroatoms. The molecule has 2 aromatic rings. The molecule has 0 amide bonds. The minimum atomic E-state index is -3.87. The number of carboxylic acids is 1. The summed E-state index contributed by atoms with van der Waals surface area (Å²) in [5.41, 5.74) is 0. The van der Waals surface area contributed by atoms with Crippen LogP contribution in [-0.2, 0) is 10.0 Å². The number of nitrogens with one attached hydrogen (secondary N) is 1. The average Bonchev–Trinajstić information content (AvgIpc) is 2.78. The molecule has 0 aliphatic heterocycles. The normalized spacial score (nSPS) is 13.4. The van der Waals surface area contributed by atoms with Gasteiger partial charge in [-0.2, -0.15) is 11.8 Å². The van der Waals surface area contributed by atoms with Gasteiger partial charge in [-0.3, -0.25) is 0 Å². The first-order valence-corrected chi connectivity index (χ1v) is 9.82. The van der Waals surface area contributed by atoms with Crippen LogP contribution in [0.2, 0.25) is 0 Å². The van der Waals surface area contributed by atoms with Gasteiger partial charge >= 0.3 is 5.97 Å². The third kappa shape index (κ3) is 3.39. The molecule has 2 rings (SSSR count). The van der Waals surface area contributed by atoms with E-state index in [1.807, 2.05) is 6.26 Å². The summed E-state index contributed by atoms with van der Waals surface area (Å²) < 4.78 is 28.3. The van der Waals surface area contributed by atoms with Crippen molar-refractivity contribution in [2.24, 2.45) is 0 Å². The summed E-state index contributed by atoms with van der Waals surface area (Å²) in [5, 5.41) is 9.73. The minimum Gasteiger partial charge on any atom is -0.477 e. The highest BCUT2D eigenvalue weighted by molar-refractivity contribution is 7.98. The van der Waals surface area contributed by atoms with Crippen LogP contribution < -0.4 is 4.72 Å². The van der Waals surface area contributed by atoms with Gasteiger partial charge in [0, 0.05) is 21.9 Å². The van der Waals surface area contributed by atoms with E-state index in [9.17, 15) is 18.3 Å². The number of carbonyl (C=O) groups is 1. The van der Waals surface area contributed by atoms with Gasteiger partial charge in [0.15, 0.2) is 0 Å². The summed E-state index contributed by atoms with van der Waals surface area (Å²) in [6.07, 6.45) is 1.88. The number of rotatable bonds is 6. The Morgan fingerprint density at radius 2 is 2.10 bits per heavy atom. The molecule has 0 bridgehead atoms. The van der Waals surface area contributed by atoms with Crippen LogP contribution in [0.1, 0.15) is 16.6 Å². The van der Waals surface area contributed by atoms with Crippen molar-refractivity contribution in [1.82, 2.24) is 4.72 Å². The van der Waals surface area contributed by atoms with Gasteiger partial charge in [-0.25, -0.2) is 17.9 Å². The Kier molecular flexibility index (Phi) is 4.92. The van der Waals surface area contributed by atoms with E-state index in [0.29, 0.717) is 15.8 Å². The Bertz CT molecular complexity index is 767. The van der Waals surface area contributed by atoms with E-state index < -0.39 is 16.0 Å². The van der Waals surface area contributed by atoms with E-state index in [1.165, 1.54) is 11.8 Å². The number of carboxylic acid groups (broad SMARTS) is 1. The molecule has 1 unspecified atom stereocenters. The van der Waals surface area contributed by atoms with Crippen LogP contribution in [0.25, 0.3) is 10.1 Å². The number of benzene rings is 1. The van der Waals surface area contributed by atoms with Crippen LogP contribution in [0.5, 0.6) is 0 Å². The number of hydrogen-bond acceptors (Lipinski definition) is 5. The van der Waals surface area contributed by atoms with Crippen molar-refractivity contribution in [3.8, 4) is 0 Å². The summed E-state index contributed by atoms with van der Waals surface area (Å²) in [6, 6.07) is 6.53. The van der Waals surface area contributed by atoms with E-state index in [0.717, 1.165) is 11.3 Å². The van der Waals surface area contributed by atoms with Crippen LogP contribution in [0.3, 0.4) is 0 Å². The van der Waals surface area contributed by atoms with Crippen LogP contribution >= 0.6 is 23.1 Å². The van der Waals surface area contributed by atoms with Gasteiger partial charge in [0.1, 0.15) is 9.77 Å². The molecule has 0 fully saturated rings. The van der Waals surface area contributed by atoms with E-state index in [-0.39, 0.29) is 15.8 Å². The molecule has 1 heterocycles. The van der Waals surface area contributed by atoms with Gasteiger partial charge in [0.25, 0.3) is 0 Å². The SMILES string of the molecule is CSCC(C)NS(=O)(=O)c1c(C(=O)O)sc2ccccc12. The van der Waals surface area contributed by atoms with Crippen LogP contribution in [-0.4, -0.2) is 37.5 Å². The molecule has 5 nitrogen and oxygen atoms in total. The largest absolute Gasteiger partial charge is 0.477 e. The fourth-order valence-electron chi connectivity index (χ4n) is 2.04. The van der Waals surface area contributed by atoms with E-state index in [2.05, 4.69) is 4.72 Å². The van der Waals surface area contributed by atoms with Crippen LogP contribution in [0, 0.1) is 0 Å². The fourth-order valence-corrected chi connectivity index (χ4v) is 5.71. The second-order valence-corrected chi connectivity index (χ2v) is 8.15. The molecule has 0 saturated carbocycles. The monoisotopic (exact) mass is 345 g/mol. The third-order valence-corrected chi connectivity index (χ3v) is 6.58. The highest BCUT2D eigenvalue weighted by Crippen LogP contribution is 2.34. The molecule has 0 aliphatic carbocycles. The topological polar surface area (TPSA) is 83.5 Å². The van der Waals surface area contributed by atoms with Gasteiger partial charge in [-0.15, -0.1) is 11.3 Å². The highest BCUT2D eigenvalue weighted by atomic mass is 32.2. The fraction of sp³-hybridized carbons (Fsp3) is 0.308. The summed E-state index contributed by atoms with van der Waals surface area (Å²) >= 11 is 2.50. The number of fused-ring (bicyclic) bond motifs is 1. The quantitative estimate of drug-likeness (QED) is 0.841. The third-order valence-electron chi connectivity index (χ3n) is 2.79. The lowest BCUT2D eigenvalue weighted by molar-refractivity contribution is 0.0698. The molecule has 0 spiro atoms.